The summed E-state index contributed by atoms with van der Waals surface area (Å²) in [5.74, 6) is 1.12. The van der Waals surface area contributed by atoms with Crippen molar-refractivity contribution in [3.63, 3.8) is 0 Å². The maximum atomic E-state index is 13.3. The number of hydrogen-bond donors (Lipinski definition) is 1. The molecule has 4 nitrogen and oxygen atoms in total. The molecule has 2 aromatic rings. The summed E-state index contributed by atoms with van der Waals surface area (Å²) in [7, 11) is 0. The van der Waals surface area contributed by atoms with E-state index in [-0.39, 0.29) is 23.7 Å². The van der Waals surface area contributed by atoms with Gasteiger partial charge >= 0.3 is 0 Å². The van der Waals surface area contributed by atoms with Crippen LogP contribution in [-0.4, -0.2) is 24.7 Å². The quantitative estimate of drug-likeness (QED) is 0.771. The summed E-state index contributed by atoms with van der Waals surface area (Å²) < 4.78 is 25.3. The largest absolute Gasteiger partial charge is 0.486 e. The van der Waals surface area contributed by atoms with Gasteiger partial charge in [0, 0.05) is 10.0 Å². The molecule has 2 aliphatic rings. The first kappa shape index (κ1) is 18.3. The Labute approximate surface area is 166 Å². The first-order valence-corrected chi connectivity index (χ1v) is 9.87. The molecule has 0 bridgehead atoms. The van der Waals surface area contributed by atoms with E-state index in [1.165, 1.54) is 6.07 Å². The van der Waals surface area contributed by atoms with Crippen LogP contribution in [0.1, 0.15) is 29.5 Å². The highest BCUT2D eigenvalue weighted by Gasteiger charge is 2.44. The summed E-state index contributed by atoms with van der Waals surface area (Å²) >= 11 is 3.52. The summed E-state index contributed by atoms with van der Waals surface area (Å²) in [6.07, 6.45) is 2.88. The number of amides is 1. The molecule has 1 heterocycles. The van der Waals surface area contributed by atoms with E-state index in [1.54, 1.807) is 6.07 Å². The SMILES string of the molecule is Cc1cc(F)ccc1CC1(NC(=O)Cc2cc3c(cc2Br)OCCO3)CC1. The molecule has 0 spiro atoms. The first-order valence-electron chi connectivity index (χ1n) is 9.08. The Morgan fingerprint density at radius 3 is 2.52 bits per heavy atom. The molecule has 1 aliphatic carbocycles. The van der Waals surface area contributed by atoms with Crippen molar-refractivity contribution in [2.75, 3.05) is 13.2 Å². The van der Waals surface area contributed by atoms with Gasteiger partial charge in [-0.2, -0.15) is 0 Å². The lowest BCUT2D eigenvalue weighted by Gasteiger charge is -2.21. The lowest BCUT2D eigenvalue weighted by atomic mass is 9.99. The van der Waals surface area contributed by atoms with Crippen molar-refractivity contribution in [2.45, 2.75) is 38.1 Å². The predicted molar refractivity (Wildman–Crippen MR) is 104 cm³/mol. The normalized spacial score (nSPS) is 16.7. The molecular formula is C21H21BrFNO3. The predicted octanol–water partition coefficient (Wildman–Crippen LogP) is 4.10. The van der Waals surface area contributed by atoms with Crippen LogP contribution in [0, 0.1) is 12.7 Å². The van der Waals surface area contributed by atoms with Gasteiger partial charge in [0.05, 0.1) is 6.42 Å². The Morgan fingerprint density at radius 2 is 1.85 bits per heavy atom. The van der Waals surface area contributed by atoms with Gasteiger partial charge in [-0.1, -0.05) is 22.0 Å². The fourth-order valence-corrected chi connectivity index (χ4v) is 3.94. The smallest absolute Gasteiger partial charge is 0.224 e. The van der Waals surface area contributed by atoms with Crippen molar-refractivity contribution in [3.05, 3.63) is 57.3 Å². The maximum Gasteiger partial charge on any atom is 0.224 e. The molecule has 1 fully saturated rings. The van der Waals surface area contributed by atoms with E-state index in [1.807, 2.05) is 25.1 Å². The number of ether oxygens (including phenoxy) is 2. The van der Waals surface area contributed by atoms with E-state index in [2.05, 4.69) is 21.2 Å². The average Bonchev–Trinajstić information content (AvgIpc) is 3.37. The number of halogens is 2. The number of carbonyl (C=O) groups excluding carboxylic acids is 1. The van der Waals surface area contributed by atoms with Gasteiger partial charge in [-0.3, -0.25) is 4.79 Å². The zero-order chi connectivity index (χ0) is 19.0. The molecule has 0 saturated heterocycles. The van der Waals surface area contributed by atoms with E-state index in [4.69, 9.17) is 9.47 Å². The molecule has 2 aromatic carbocycles. The monoisotopic (exact) mass is 433 g/mol. The van der Waals surface area contributed by atoms with Crippen LogP contribution in [0.15, 0.2) is 34.8 Å². The molecule has 142 valence electrons. The lowest BCUT2D eigenvalue weighted by molar-refractivity contribution is -0.121. The lowest BCUT2D eigenvalue weighted by Crippen LogP contribution is -2.39. The van der Waals surface area contributed by atoms with Gasteiger partial charge in [0.25, 0.3) is 0 Å². The van der Waals surface area contributed by atoms with Crippen molar-refractivity contribution in [3.8, 4) is 11.5 Å². The number of fused-ring (bicyclic) bond motifs is 1. The van der Waals surface area contributed by atoms with E-state index in [0.717, 1.165) is 40.4 Å². The number of rotatable bonds is 5. The molecule has 1 amide bonds. The van der Waals surface area contributed by atoms with Gasteiger partial charge < -0.3 is 14.8 Å². The van der Waals surface area contributed by atoms with Crippen molar-refractivity contribution in [1.29, 1.82) is 0 Å². The van der Waals surface area contributed by atoms with Crippen LogP contribution in [0.5, 0.6) is 11.5 Å². The molecule has 6 heteroatoms. The Bertz CT molecular complexity index is 895. The fraction of sp³-hybridized carbons (Fsp3) is 0.381. The molecule has 27 heavy (non-hydrogen) atoms. The van der Waals surface area contributed by atoms with Crippen LogP contribution in [0.4, 0.5) is 4.39 Å². The number of nitrogens with one attached hydrogen (secondary N) is 1. The summed E-state index contributed by atoms with van der Waals surface area (Å²) in [5, 5.41) is 3.19. The third kappa shape index (κ3) is 4.10. The number of hydrogen-bond acceptors (Lipinski definition) is 3. The van der Waals surface area contributed by atoms with Crippen LogP contribution in [-0.2, 0) is 17.6 Å². The maximum absolute atomic E-state index is 13.3. The van der Waals surface area contributed by atoms with Gasteiger partial charge in [0.15, 0.2) is 11.5 Å². The Hall–Kier alpha value is -2.08. The van der Waals surface area contributed by atoms with E-state index in [0.29, 0.717) is 24.7 Å². The molecule has 1 N–H and O–H groups in total. The van der Waals surface area contributed by atoms with Gasteiger partial charge in [0.2, 0.25) is 5.91 Å². The number of aryl methyl sites for hydroxylation is 1. The highest BCUT2D eigenvalue weighted by molar-refractivity contribution is 9.10. The van der Waals surface area contributed by atoms with E-state index >= 15 is 0 Å². The standard InChI is InChI=1S/C21H21BrFNO3/c1-13-8-16(23)3-2-14(13)12-21(4-5-21)24-20(25)10-15-9-18-19(11-17(15)22)27-7-6-26-18/h2-3,8-9,11H,4-7,10,12H2,1H3,(H,24,25). The molecule has 0 unspecified atom stereocenters. The van der Waals surface area contributed by atoms with Crippen molar-refractivity contribution in [1.82, 2.24) is 5.32 Å². The Morgan fingerprint density at radius 1 is 1.15 bits per heavy atom. The zero-order valence-corrected chi connectivity index (χ0v) is 16.7. The minimum Gasteiger partial charge on any atom is -0.486 e. The van der Waals surface area contributed by atoms with Crippen LogP contribution in [0.25, 0.3) is 0 Å². The number of carbonyl (C=O) groups is 1. The first-order chi connectivity index (χ1) is 12.9. The van der Waals surface area contributed by atoms with Crippen LogP contribution in [0.2, 0.25) is 0 Å². The third-order valence-corrected chi connectivity index (χ3v) is 5.89. The highest BCUT2D eigenvalue weighted by atomic mass is 79.9. The summed E-state index contributed by atoms with van der Waals surface area (Å²) in [6, 6.07) is 8.55. The summed E-state index contributed by atoms with van der Waals surface area (Å²) in [6.45, 7) is 2.95. The second-order valence-corrected chi connectivity index (χ2v) is 8.19. The van der Waals surface area contributed by atoms with E-state index < -0.39 is 0 Å². The zero-order valence-electron chi connectivity index (χ0n) is 15.1. The van der Waals surface area contributed by atoms with Gasteiger partial charge in [-0.25, -0.2) is 4.39 Å². The Balaban J connectivity index is 1.43. The summed E-state index contributed by atoms with van der Waals surface area (Å²) in [5.41, 5.74) is 2.66. The minimum atomic E-state index is -0.228. The molecule has 1 aliphatic heterocycles. The van der Waals surface area contributed by atoms with Crippen LogP contribution < -0.4 is 14.8 Å². The van der Waals surface area contributed by atoms with Gasteiger partial charge in [-0.05, 0) is 67.1 Å². The molecular weight excluding hydrogens is 413 g/mol. The summed E-state index contributed by atoms with van der Waals surface area (Å²) in [4.78, 5) is 12.7. The highest BCUT2D eigenvalue weighted by Crippen LogP contribution is 2.40. The molecule has 0 atom stereocenters. The topological polar surface area (TPSA) is 47.6 Å². The molecule has 1 saturated carbocycles. The van der Waals surface area contributed by atoms with Crippen molar-refractivity contribution >= 4 is 21.8 Å². The molecule has 0 aromatic heterocycles. The third-order valence-electron chi connectivity index (χ3n) is 5.15. The minimum absolute atomic E-state index is 0.0235. The Kier molecular flexibility index (Phi) is 4.84. The number of benzene rings is 2. The second kappa shape index (κ2) is 7.15. The molecule has 4 rings (SSSR count). The van der Waals surface area contributed by atoms with Gasteiger partial charge in [0.1, 0.15) is 19.0 Å². The van der Waals surface area contributed by atoms with Crippen LogP contribution in [0.3, 0.4) is 0 Å². The van der Waals surface area contributed by atoms with E-state index in [9.17, 15) is 9.18 Å². The van der Waals surface area contributed by atoms with Gasteiger partial charge in [-0.15, -0.1) is 0 Å². The second-order valence-electron chi connectivity index (χ2n) is 7.34. The van der Waals surface area contributed by atoms with Crippen LogP contribution >= 0.6 is 15.9 Å². The van der Waals surface area contributed by atoms with Crippen molar-refractivity contribution < 1.29 is 18.7 Å². The fourth-order valence-electron chi connectivity index (χ4n) is 3.47. The molecule has 0 radical (unpaired) electrons. The average molecular weight is 434 g/mol. The van der Waals surface area contributed by atoms with Crippen molar-refractivity contribution in [2.24, 2.45) is 0 Å².